The molecule has 5 heterocycles. The van der Waals surface area contributed by atoms with Gasteiger partial charge in [0.1, 0.15) is 23.3 Å². The molecule has 11 heteroatoms. The van der Waals surface area contributed by atoms with Gasteiger partial charge in [-0.2, -0.15) is 0 Å². The van der Waals surface area contributed by atoms with Gasteiger partial charge in [0.15, 0.2) is 11.6 Å². The Morgan fingerprint density at radius 2 is 2.00 bits per heavy atom. The Balaban J connectivity index is 1.14. The number of nitrogens with one attached hydrogen (secondary N) is 2. The van der Waals surface area contributed by atoms with Gasteiger partial charge in [-0.1, -0.05) is 6.07 Å². The van der Waals surface area contributed by atoms with Gasteiger partial charge in [0.2, 0.25) is 5.88 Å². The molecule has 7 rings (SSSR count). The van der Waals surface area contributed by atoms with Crippen molar-refractivity contribution in [3.05, 3.63) is 48.2 Å². The van der Waals surface area contributed by atoms with Crippen LogP contribution in [0.5, 0.6) is 5.88 Å². The number of fused-ring (bicyclic) bond motifs is 6. The van der Waals surface area contributed by atoms with Gasteiger partial charge in [-0.3, -0.25) is 14.3 Å². The molecule has 1 spiro atoms. The number of amides is 1. The van der Waals surface area contributed by atoms with Crippen LogP contribution in [0.3, 0.4) is 0 Å². The topological polar surface area (TPSA) is 114 Å². The first-order chi connectivity index (χ1) is 20.3. The monoisotopic (exact) mass is 587 g/mol. The Hall–Kier alpha value is -3.60. The maximum atomic E-state index is 13.5. The van der Waals surface area contributed by atoms with Crippen molar-refractivity contribution in [1.82, 2.24) is 24.5 Å². The zero-order valence-corrected chi connectivity index (χ0v) is 25.0. The van der Waals surface area contributed by atoms with Crippen LogP contribution in [0.1, 0.15) is 69.2 Å². The highest BCUT2D eigenvalue weighted by molar-refractivity contribution is 7.97. The van der Waals surface area contributed by atoms with Crippen LogP contribution in [-0.4, -0.2) is 56.7 Å². The van der Waals surface area contributed by atoms with Crippen LogP contribution in [0.25, 0.3) is 5.82 Å². The van der Waals surface area contributed by atoms with E-state index >= 15 is 0 Å². The summed E-state index contributed by atoms with van der Waals surface area (Å²) in [4.78, 5) is 38.2. The molecule has 1 amide bonds. The summed E-state index contributed by atoms with van der Waals surface area (Å²) < 4.78 is 10.4. The first kappa shape index (κ1) is 27.2. The second kappa shape index (κ2) is 10.6. The lowest BCUT2D eigenvalue weighted by Gasteiger charge is -2.35. The van der Waals surface area contributed by atoms with E-state index < -0.39 is 0 Å². The van der Waals surface area contributed by atoms with Crippen molar-refractivity contribution >= 4 is 35.3 Å². The number of ketones is 1. The molecule has 1 unspecified atom stereocenters. The normalized spacial score (nSPS) is 24.0. The number of ether oxygens (including phenoxy) is 1. The minimum atomic E-state index is -0.226. The molecule has 1 saturated heterocycles. The molecule has 2 N–H and O–H groups in total. The molecule has 0 radical (unpaired) electrons. The van der Waals surface area contributed by atoms with Gasteiger partial charge in [0.25, 0.3) is 5.91 Å². The number of anilines is 2. The van der Waals surface area contributed by atoms with Crippen LogP contribution in [0.4, 0.5) is 11.6 Å². The second-order valence-electron chi connectivity index (χ2n) is 12.8. The number of aromatic nitrogens is 4. The summed E-state index contributed by atoms with van der Waals surface area (Å²) in [7, 11) is 0. The SMILES string of the molecule is CC1(C)C[C@@H]2CCCNc3cccc(n3)SNC(=O)c3ccc(-n4ccc(OCC(=O)C5CCC56CC6)n4)nc3N1C2. The molecule has 42 heavy (non-hydrogen) atoms. The van der Waals surface area contributed by atoms with E-state index in [1.54, 1.807) is 23.0 Å². The second-order valence-corrected chi connectivity index (χ2v) is 13.6. The maximum absolute atomic E-state index is 13.5. The van der Waals surface area contributed by atoms with E-state index in [4.69, 9.17) is 9.72 Å². The van der Waals surface area contributed by atoms with E-state index in [9.17, 15) is 9.59 Å². The Bertz CT molecular complexity index is 1520. The first-order valence-corrected chi connectivity index (χ1v) is 15.8. The number of carbonyl (C=O) groups excluding carboxylic acids is 2. The summed E-state index contributed by atoms with van der Waals surface area (Å²) in [5, 5.41) is 8.70. The van der Waals surface area contributed by atoms with Crippen LogP contribution in [-0.2, 0) is 4.79 Å². The summed E-state index contributed by atoms with van der Waals surface area (Å²) in [6.07, 6.45) is 9.41. The molecule has 4 bridgehead atoms. The number of Topliss-reactive ketones (excluding diaryl/α,β-unsaturated/α-hetero) is 1. The summed E-state index contributed by atoms with van der Waals surface area (Å²) in [6.45, 7) is 6.16. The lowest BCUT2D eigenvalue weighted by Crippen LogP contribution is -2.40. The van der Waals surface area contributed by atoms with Crippen LogP contribution in [0.2, 0.25) is 0 Å². The van der Waals surface area contributed by atoms with Gasteiger partial charge < -0.3 is 15.0 Å². The number of carbonyl (C=O) groups is 2. The fourth-order valence-electron chi connectivity index (χ4n) is 6.95. The van der Waals surface area contributed by atoms with Crippen LogP contribution >= 0.6 is 11.9 Å². The zero-order valence-electron chi connectivity index (χ0n) is 24.1. The van der Waals surface area contributed by atoms with Crippen molar-refractivity contribution < 1.29 is 14.3 Å². The van der Waals surface area contributed by atoms with Gasteiger partial charge >= 0.3 is 0 Å². The van der Waals surface area contributed by atoms with E-state index in [0.717, 1.165) is 44.6 Å². The fraction of sp³-hybridized carbons (Fsp3) is 0.516. The van der Waals surface area contributed by atoms with Gasteiger partial charge in [-0.15, -0.1) is 5.10 Å². The van der Waals surface area contributed by atoms with Gasteiger partial charge in [-0.25, -0.2) is 14.6 Å². The summed E-state index contributed by atoms with van der Waals surface area (Å²) in [5.74, 6) is 3.02. The lowest BCUT2D eigenvalue weighted by atomic mass is 9.68. The van der Waals surface area contributed by atoms with E-state index in [2.05, 4.69) is 38.9 Å². The number of hydrogen-bond donors (Lipinski definition) is 2. The fourth-order valence-corrected chi connectivity index (χ4v) is 7.55. The smallest absolute Gasteiger partial charge is 0.265 e. The van der Waals surface area contributed by atoms with Gasteiger partial charge in [0.05, 0.1) is 5.56 Å². The van der Waals surface area contributed by atoms with E-state index in [1.807, 2.05) is 24.3 Å². The molecule has 3 aromatic heterocycles. The highest BCUT2D eigenvalue weighted by Crippen LogP contribution is 2.64. The van der Waals surface area contributed by atoms with Crippen molar-refractivity contribution in [3.63, 3.8) is 0 Å². The molecule has 220 valence electrons. The molecule has 0 aromatic carbocycles. The third-order valence-corrected chi connectivity index (χ3v) is 10.2. The third kappa shape index (κ3) is 5.23. The largest absolute Gasteiger partial charge is 0.469 e. The minimum absolute atomic E-state index is 0.0511. The molecular formula is C31H37N7O3S. The Labute approximate surface area is 250 Å². The average molecular weight is 588 g/mol. The quantitative estimate of drug-likeness (QED) is 0.396. The first-order valence-electron chi connectivity index (χ1n) is 15.0. The lowest BCUT2D eigenvalue weighted by molar-refractivity contribution is -0.131. The predicted molar refractivity (Wildman–Crippen MR) is 161 cm³/mol. The molecule has 3 fully saturated rings. The Morgan fingerprint density at radius 1 is 1.12 bits per heavy atom. The van der Waals surface area contributed by atoms with Crippen molar-refractivity contribution in [2.24, 2.45) is 17.3 Å². The molecule has 3 aromatic rings. The maximum Gasteiger partial charge on any atom is 0.265 e. The number of pyridine rings is 2. The number of rotatable bonds is 5. The molecule has 2 atom stereocenters. The number of hydrogen-bond acceptors (Lipinski definition) is 9. The standard InChI is InChI=1S/C31H37N7O3S/c1-30(2)17-20-5-4-15-32-24-6-3-7-27(33-24)42-36-29(40)21-8-9-25(34-28(21)37(30)18-20)38-16-11-26(35-38)41-19-23(39)22-10-12-31(22)13-14-31/h3,6-9,11,16,20,22H,4-5,10,12-15,17-19H2,1-2H3,(H,32,33)(H,36,40)/t20-,22?/m0/s1. The van der Waals surface area contributed by atoms with Crippen molar-refractivity contribution in [1.29, 1.82) is 0 Å². The molecule has 2 saturated carbocycles. The molecule has 4 aliphatic rings. The molecule has 10 nitrogen and oxygen atoms in total. The van der Waals surface area contributed by atoms with Gasteiger partial charge in [0, 0.05) is 48.8 Å². The Kier molecular flexibility index (Phi) is 6.87. The van der Waals surface area contributed by atoms with Crippen molar-refractivity contribution in [2.45, 2.75) is 69.4 Å². The predicted octanol–water partition coefficient (Wildman–Crippen LogP) is 5.05. The average Bonchev–Trinajstić information content (AvgIpc) is 3.58. The number of nitrogens with zero attached hydrogens (tertiary/aromatic N) is 5. The van der Waals surface area contributed by atoms with Crippen molar-refractivity contribution in [3.8, 4) is 11.7 Å². The van der Waals surface area contributed by atoms with Gasteiger partial charge in [-0.05, 0) is 94.4 Å². The highest BCUT2D eigenvalue weighted by atomic mass is 32.2. The molecular weight excluding hydrogens is 550 g/mol. The summed E-state index contributed by atoms with van der Waals surface area (Å²) >= 11 is 1.20. The van der Waals surface area contributed by atoms with Crippen LogP contribution in [0, 0.1) is 17.3 Å². The summed E-state index contributed by atoms with van der Waals surface area (Å²) in [5.41, 5.74) is 0.629. The van der Waals surface area contributed by atoms with E-state index in [0.29, 0.717) is 39.4 Å². The summed E-state index contributed by atoms with van der Waals surface area (Å²) in [6, 6.07) is 11.1. The van der Waals surface area contributed by atoms with Crippen LogP contribution in [0.15, 0.2) is 47.6 Å². The molecule has 2 aliphatic carbocycles. The minimum Gasteiger partial charge on any atom is -0.469 e. The third-order valence-electron chi connectivity index (χ3n) is 9.50. The van der Waals surface area contributed by atoms with Crippen molar-refractivity contribution in [2.75, 3.05) is 29.9 Å². The molecule has 2 aliphatic heterocycles. The highest BCUT2D eigenvalue weighted by Gasteiger charge is 2.58. The Morgan fingerprint density at radius 3 is 2.81 bits per heavy atom. The van der Waals surface area contributed by atoms with E-state index in [1.165, 1.54) is 31.2 Å². The van der Waals surface area contributed by atoms with E-state index in [-0.39, 0.29) is 29.8 Å². The van der Waals surface area contributed by atoms with Crippen LogP contribution < -0.4 is 19.7 Å². The zero-order chi connectivity index (χ0) is 28.9.